The molecule has 118 valence electrons. The highest BCUT2D eigenvalue weighted by atomic mass is 35.5. The van der Waals surface area contributed by atoms with E-state index in [1.807, 2.05) is 0 Å². The summed E-state index contributed by atoms with van der Waals surface area (Å²) < 4.78 is 0. The molecule has 1 unspecified atom stereocenters. The molecule has 2 saturated heterocycles. The Morgan fingerprint density at radius 2 is 1.85 bits per heavy atom. The highest BCUT2D eigenvalue weighted by molar-refractivity contribution is 5.85. The van der Waals surface area contributed by atoms with Gasteiger partial charge in [-0.3, -0.25) is 4.79 Å². The maximum Gasteiger partial charge on any atom is 0.226 e. The number of rotatable bonds is 3. The van der Waals surface area contributed by atoms with Crippen LogP contribution in [0.3, 0.4) is 0 Å². The van der Waals surface area contributed by atoms with E-state index in [9.17, 15) is 4.79 Å². The van der Waals surface area contributed by atoms with E-state index in [4.69, 9.17) is 0 Å². The van der Waals surface area contributed by atoms with Gasteiger partial charge >= 0.3 is 0 Å². The minimum atomic E-state index is 0. The summed E-state index contributed by atoms with van der Waals surface area (Å²) in [5.74, 6) is 1.43. The minimum absolute atomic E-state index is 0. The van der Waals surface area contributed by atoms with Gasteiger partial charge < -0.3 is 10.2 Å². The first-order valence-corrected chi connectivity index (χ1v) is 8.19. The number of carbonyl (C=O) groups is 1. The van der Waals surface area contributed by atoms with Crippen LogP contribution in [0.15, 0.2) is 0 Å². The third kappa shape index (κ3) is 4.92. The van der Waals surface area contributed by atoms with Crippen LogP contribution in [-0.2, 0) is 4.79 Å². The van der Waals surface area contributed by atoms with Crippen LogP contribution in [0, 0.1) is 11.8 Å². The Bertz CT molecular complexity index is 290. The first-order valence-electron chi connectivity index (χ1n) is 8.19. The molecule has 2 rings (SSSR count). The van der Waals surface area contributed by atoms with E-state index in [0.29, 0.717) is 17.9 Å². The summed E-state index contributed by atoms with van der Waals surface area (Å²) in [5.41, 5.74) is 0. The normalized spacial score (nSPS) is 25.1. The van der Waals surface area contributed by atoms with Gasteiger partial charge in [0.2, 0.25) is 5.91 Å². The van der Waals surface area contributed by atoms with Crippen molar-refractivity contribution in [2.75, 3.05) is 19.6 Å². The van der Waals surface area contributed by atoms with Gasteiger partial charge in [-0.15, -0.1) is 12.4 Å². The molecular formula is C16H31ClN2O. The number of halogens is 1. The van der Waals surface area contributed by atoms with Gasteiger partial charge in [-0.05, 0) is 51.1 Å². The number of nitrogens with one attached hydrogen (secondary N) is 1. The third-order valence-electron chi connectivity index (χ3n) is 4.59. The van der Waals surface area contributed by atoms with Crippen LogP contribution in [0.4, 0.5) is 0 Å². The summed E-state index contributed by atoms with van der Waals surface area (Å²) in [7, 11) is 0. The highest BCUT2D eigenvalue weighted by Crippen LogP contribution is 2.26. The van der Waals surface area contributed by atoms with Gasteiger partial charge in [0.05, 0.1) is 0 Å². The molecule has 0 aromatic rings. The average Bonchev–Trinajstić information content (AvgIpc) is 2.64. The van der Waals surface area contributed by atoms with Crippen molar-refractivity contribution < 1.29 is 4.79 Å². The first-order chi connectivity index (χ1) is 9.18. The third-order valence-corrected chi connectivity index (χ3v) is 4.59. The fourth-order valence-electron chi connectivity index (χ4n) is 3.56. The van der Waals surface area contributed by atoms with Gasteiger partial charge in [-0.25, -0.2) is 0 Å². The van der Waals surface area contributed by atoms with Crippen molar-refractivity contribution in [1.29, 1.82) is 0 Å². The van der Waals surface area contributed by atoms with Crippen molar-refractivity contribution in [3.8, 4) is 0 Å². The zero-order valence-electron chi connectivity index (χ0n) is 13.1. The van der Waals surface area contributed by atoms with Crippen molar-refractivity contribution in [3.05, 3.63) is 0 Å². The average molecular weight is 303 g/mol. The van der Waals surface area contributed by atoms with Gasteiger partial charge in [0.1, 0.15) is 0 Å². The summed E-state index contributed by atoms with van der Waals surface area (Å²) >= 11 is 0. The topological polar surface area (TPSA) is 32.3 Å². The monoisotopic (exact) mass is 302 g/mol. The van der Waals surface area contributed by atoms with E-state index in [0.717, 1.165) is 32.5 Å². The van der Waals surface area contributed by atoms with Crippen LogP contribution >= 0.6 is 12.4 Å². The smallest absolute Gasteiger partial charge is 0.226 e. The van der Waals surface area contributed by atoms with Crippen molar-refractivity contribution in [2.24, 2.45) is 11.8 Å². The Hall–Kier alpha value is -0.280. The highest BCUT2D eigenvalue weighted by Gasteiger charge is 2.31. The number of nitrogens with zero attached hydrogens (tertiary/aromatic N) is 1. The van der Waals surface area contributed by atoms with Crippen LogP contribution in [0.25, 0.3) is 0 Å². The summed E-state index contributed by atoms with van der Waals surface area (Å²) in [5, 5.41) is 3.36. The summed E-state index contributed by atoms with van der Waals surface area (Å²) in [6, 6.07) is 0.505. The van der Waals surface area contributed by atoms with Crippen LogP contribution in [0.2, 0.25) is 0 Å². The second-order valence-corrected chi connectivity index (χ2v) is 6.69. The number of hydrogen-bond acceptors (Lipinski definition) is 2. The molecule has 2 fully saturated rings. The molecule has 1 atom stereocenters. The zero-order valence-corrected chi connectivity index (χ0v) is 13.9. The molecule has 0 saturated carbocycles. The summed E-state index contributed by atoms with van der Waals surface area (Å²) in [4.78, 5) is 15.0. The first kappa shape index (κ1) is 17.8. The summed E-state index contributed by atoms with van der Waals surface area (Å²) in [6.45, 7) is 7.58. The molecule has 0 aromatic heterocycles. The molecule has 2 aliphatic rings. The molecule has 3 nitrogen and oxygen atoms in total. The lowest BCUT2D eigenvalue weighted by molar-refractivity contribution is -0.139. The largest absolute Gasteiger partial charge is 0.339 e. The van der Waals surface area contributed by atoms with E-state index in [1.54, 1.807) is 0 Å². The van der Waals surface area contributed by atoms with E-state index >= 15 is 0 Å². The molecule has 20 heavy (non-hydrogen) atoms. The number of hydrogen-bond donors (Lipinski definition) is 1. The Morgan fingerprint density at radius 1 is 1.15 bits per heavy atom. The van der Waals surface area contributed by atoms with Crippen LogP contribution in [-0.4, -0.2) is 36.5 Å². The fraction of sp³-hybridized carbons (Fsp3) is 0.938. The maximum atomic E-state index is 12.8. The van der Waals surface area contributed by atoms with Crippen molar-refractivity contribution >= 4 is 18.3 Å². The lowest BCUT2D eigenvalue weighted by Crippen LogP contribution is -2.46. The van der Waals surface area contributed by atoms with Gasteiger partial charge in [0, 0.05) is 18.5 Å². The molecular weight excluding hydrogens is 272 g/mol. The van der Waals surface area contributed by atoms with E-state index in [1.165, 1.54) is 32.1 Å². The number of amides is 1. The minimum Gasteiger partial charge on any atom is -0.339 e. The predicted octanol–water partition coefficient (Wildman–Crippen LogP) is 3.23. The van der Waals surface area contributed by atoms with Gasteiger partial charge in [0.25, 0.3) is 0 Å². The number of piperidine rings is 1. The van der Waals surface area contributed by atoms with Crippen LogP contribution in [0.5, 0.6) is 0 Å². The second-order valence-electron chi connectivity index (χ2n) is 6.69. The quantitative estimate of drug-likeness (QED) is 0.868. The molecule has 4 heteroatoms. The maximum absolute atomic E-state index is 12.8. The molecule has 0 spiro atoms. The Balaban J connectivity index is 0.00000200. The number of likely N-dealkylation sites (tertiary alicyclic amines) is 1. The fourth-order valence-corrected chi connectivity index (χ4v) is 3.56. The van der Waals surface area contributed by atoms with E-state index < -0.39 is 0 Å². The Morgan fingerprint density at radius 3 is 2.50 bits per heavy atom. The predicted molar refractivity (Wildman–Crippen MR) is 86.3 cm³/mol. The SMILES string of the molecule is CC(C)CC1CCCCCN1C(=O)C1CCNCC1.Cl. The standard InChI is InChI=1S/C16H30N2O.ClH/c1-13(2)12-15-6-4-3-5-11-18(15)16(19)14-7-9-17-10-8-14;/h13-15,17H,3-12H2,1-2H3;1H. The molecule has 1 amide bonds. The molecule has 1 N–H and O–H groups in total. The van der Waals surface area contributed by atoms with Gasteiger partial charge in [0.15, 0.2) is 0 Å². The molecule has 0 bridgehead atoms. The van der Waals surface area contributed by atoms with Crippen molar-refractivity contribution in [1.82, 2.24) is 10.2 Å². The Kier molecular flexibility index (Phi) is 7.90. The molecule has 0 radical (unpaired) electrons. The number of carbonyl (C=O) groups excluding carboxylic acids is 1. The molecule has 0 aromatic carbocycles. The van der Waals surface area contributed by atoms with Crippen LogP contribution in [0.1, 0.15) is 58.8 Å². The van der Waals surface area contributed by atoms with E-state index in [2.05, 4.69) is 24.1 Å². The zero-order chi connectivity index (χ0) is 13.7. The van der Waals surface area contributed by atoms with Gasteiger partial charge in [-0.2, -0.15) is 0 Å². The van der Waals surface area contributed by atoms with Crippen molar-refractivity contribution in [2.45, 2.75) is 64.8 Å². The van der Waals surface area contributed by atoms with Crippen molar-refractivity contribution in [3.63, 3.8) is 0 Å². The Labute approximate surface area is 130 Å². The lowest BCUT2D eigenvalue weighted by atomic mass is 9.93. The summed E-state index contributed by atoms with van der Waals surface area (Å²) in [6.07, 6.45) is 8.25. The lowest BCUT2D eigenvalue weighted by Gasteiger charge is -2.35. The second kappa shape index (κ2) is 8.89. The molecule has 2 heterocycles. The molecule has 2 aliphatic heterocycles. The molecule has 0 aliphatic carbocycles. The van der Waals surface area contributed by atoms with E-state index in [-0.39, 0.29) is 18.3 Å². The van der Waals surface area contributed by atoms with Crippen LogP contribution < -0.4 is 5.32 Å². The van der Waals surface area contributed by atoms with Gasteiger partial charge in [-0.1, -0.05) is 26.7 Å².